The second kappa shape index (κ2) is 4.85. The maximum Gasteiger partial charge on any atom is 0.0656 e. The molecule has 0 aromatic carbocycles. The van der Waals surface area contributed by atoms with Crippen molar-refractivity contribution in [2.75, 3.05) is 0 Å². The Kier molecular flexibility index (Phi) is 4.06. The van der Waals surface area contributed by atoms with E-state index in [0.29, 0.717) is 0 Å². The number of hydrogen-bond donors (Lipinski definition) is 1. The van der Waals surface area contributed by atoms with Crippen molar-refractivity contribution in [3.05, 3.63) is 19.9 Å². The molecule has 1 aromatic heterocycles. The molecule has 0 aliphatic rings. The van der Waals surface area contributed by atoms with Gasteiger partial charge in [-0.3, -0.25) is 0 Å². The lowest BCUT2D eigenvalue weighted by atomic mass is 10.1. The van der Waals surface area contributed by atoms with Crippen LogP contribution in [0.15, 0.2) is 11.4 Å². The first-order valence-electron chi connectivity index (χ1n) is 3.63. The largest absolute Gasteiger partial charge is 0.323 e. The van der Waals surface area contributed by atoms with Crippen molar-refractivity contribution in [3.8, 4) is 11.8 Å². The molecule has 0 fully saturated rings. The van der Waals surface area contributed by atoms with Gasteiger partial charge in [-0.2, -0.15) is 0 Å². The number of hydrogen-bond acceptors (Lipinski definition) is 2. The third kappa shape index (κ3) is 2.77. The molecule has 0 aliphatic heterocycles. The quantitative estimate of drug-likeness (QED) is 0.658. The van der Waals surface area contributed by atoms with Crippen LogP contribution in [0.4, 0.5) is 0 Å². The highest BCUT2D eigenvalue weighted by Crippen LogP contribution is 2.22. The van der Waals surface area contributed by atoms with Gasteiger partial charge in [-0.25, -0.2) is 0 Å². The van der Waals surface area contributed by atoms with Gasteiger partial charge >= 0.3 is 0 Å². The van der Waals surface area contributed by atoms with E-state index in [1.807, 2.05) is 6.92 Å². The third-order valence-electron chi connectivity index (χ3n) is 1.51. The van der Waals surface area contributed by atoms with Gasteiger partial charge < -0.3 is 5.73 Å². The van der Waals surface area contributed by atoms with Crippen LogP contribution in [0.2, 0.25) is 0 Å². The van der Waals surface area contributed by atoms with Gasteiger partial charge in [-0.05, 0) is 46.5 Å². The number of thiophene rings is 1. The lowest BCUT2D eigenvalue weighted by Gasteiger charge is -2.03. The van der Waals surface area contributed by atoms with Gasteiger partial charge in [0, 0.05) is 12.5 Å². The van der Waals surface area contributed by atoms with E-state index in [0.717, 1.165) is 6.42 Å². The molecule has 3 heteroatoms. The summed E-state index contributed by atoms with van der Waals surface area (Å²) in [5.74, 6) is 5.83. The molecule has 0 saturated heterocycles. The zero-order valence-electron chi connectivity index (χ0n) is 6.80. The minimum absolute atomic E-state index is 0.0808. The number of halogens is 1. The Labute approximate surface area is 90.5 Å². The van der Waals surface area contributed by atoms with E-state index in [1.54, 1.807) is 11.3 Å². The van der Waals surface area contributed by atoms with Crippen LogP contribution in [0, 0.1) is 14.7 Å². The average molecular weight is 291 g/mol. The Morgan fingerprint density at radius 1 is 1.75 bits per heavy atom. The van der Waals surface area contributed by atoms with Crippen LogP contribution in [0.1, 0.15) is 24.9 Å². The highest BCUT2D eigenvalue weighted by molar-refractivity contribution is 14.1. The Bertz CT molecular complexity index is 308. The summed E-state index contributed by atoms with van der Waals surface area (Å²) >= 11 is 4.02. The van der Waals surface area contributed by atoms with Gasteiger partial charge in [0.15, 0.2) is 0 Å². The molecule has 2 N–H and O–H groups in total. The molecule has 1 rings (SSSR count). The van der Waals surface area contributed by atoms with Crippen molar-refractivity contribution in [1.82, 2.24) is 0 Å². The summed E-state index contributed by atoms with van der Waals surface area (Å²) in [5, 5.41) is 2.10. The zero-order valence-corrected chi connectivity index (χ0v) is 9.78. The van der Waals surface area contributed by atoms with Gasteiger partial charge in [-0.1, -0.05) is 0 Å². The summed E-state index contributed by atoms with van der Waals surface area (Å²) in [4.78, 5) is 0. The van der Waals surface area contributed by atoms with E-state index in [9.17, 15) is 0 Å². The summed E-state index contributed by atoms with van der Waals surface area (Å²) in [5.41, 5.74) is 7.10. The van der Waals surface area contributed by atoms with Crippen LogP contribution in [0.3, 0.4) is 0 Å². The molecule has 1 atom stereocenters. The molecule has 0 amide bonds. The Morgan fingerprint density at radius 3 is 3.00 bits per heavy atom. The summed E-state index contributed by atoms with van der Waals surface area (Å²) in [7, 11) is 0. The maximum atomic E-state index is 5.90. The molecule has 1 aromatic rings. The maximum absolute atomic E-state index is 5.90. The molecular formula is C9H10INS. The molecule has 1 heterocycles. The first-order valence-corrected chi connectivity index (χ1v) is 5.59. The van der Waals surface area contributed by atoms with Crippen LogP contribution in [-0.2, 0) is 0 Å². The molecule has 0 aliphatic carbocycles. The Morgan fingerprint density at radius 2 is 2.50 bits per heavy atom. The van der Waals surface area contributed by atoms with E-state index in [2.05, 4.69) is 45.9 Å². The zero-order chi connectivity index (χ0) is 8.97. The second-order valence-electron chi connectivity index (χ2n) is 2.42. The molecular weight excluding hydrogens is 281 g/mol. The predicted octanol–water partition coefficient (Wildman–Crippen LogP) is 2.77. The highest BCUT2D eigenvalue weighted by Gasteiger charge is 2.05. The van der Waals surface area contributed by atoms with Gasteiger partial charge in [-0.15, -0.1) is 23.2 Å². The lowest BCUT2D eigenvalue weighted by Crippen LogP contribution is -2.07. The van der Waals surface area contributed by atoms with E-state index in [4.69, 9.17) is 5.73 Å². The van der Waals surface area contributed by atoms with Gasteiger partial charge in [0.05, 0.1) is 2.88 Å². The fourth-order valence-corrected chi connectivity index (χ4v) is 2.28. The molecule has 64 valence electrons. The van der Waals surface area contributed by atoms with E-state index in [1.165, 1.54) is 8.45 Å². The summed E-state index contributed by atoms with van der Waals surface area (Å²) in [6.07, 6.45) is 0.753. The smallest absolute Gasteiger partial charge is 0.0656 e. The average Bonchev–Trinajstić information content (AvgIpc) is 2.47. The third-order valence-corrected chi connectivity index (χ3v) is 3.32. The SMILES string of the molecule is CC#CCC(N)c1csc(I)c1. The molecule has 12 heavy (non-hydrogen) atoms. The summed E-state index contributed by atoms with van der Waals surface area (Å²) in [6, 6.07) is 2.20. The highest BCUT2D eigenvalue weighted by atomic mass is 127. The van der Waals surface area contributed by atoms with Crippen LogP contribution >= 0.6 is 33.9 Å². The van der Waals surface area contributed by atoms with E-state index < -0.39 is 0 Å². The van der Waals surface area contributed by atoms with Crippen LogP contribution in [0.25, 0.3) is 0 Å². The molecule has 0 bridgehead atoms. The first kappa shape index (κ1) is 10.0. The van der Waals surface area contributed by atoms with Gasteiger partial charge in [0.25, 0.3) is 0 Å². The standard InChI is InChI=1S/C9H10INS/c1-2-3-4-8(11)7-5-9(10)12-6-7/h5-6,8H,4,11H2,1H3. The van der Waals surface area contributed by atoms with Crippen molar-refractivity contribution in [1.29, 1.82) is 0 Å². The van der Waals surface area contributed by atoms with Crippen molar-refractivity contribution in [2.45, 2.75) is 19.4 Å². The number of rotatable bonds is 2. The lowest BCUT2D eigenvalue weighted by molar-refractivity contribution is 0.757. The first-order chi connectivity index (χ1) is 5.74. The molecule has 1 nitrogen and oxygen atoms in total. The summed E-state index contributed by atoms with van der Waals surface area (Å²) < 4.78 is 1.28. The fourth-order valence-electron chi connectivity index (χ4n) is 0.848. The molecule has 0 radical (unpaired) electrons. The van der Waals surface area contributed by atoms with Crippen molar-refractivity contribution in [2.24, 2.45) is 5.73 Å². The Balaban J connectivity index is 2.62. The fraction of sp³-hybridized carbons (Fsp3) is 0.333. The monoisotopic (exact) mass is 291 g/mol. The Hall–Kier alpha value is -0.0500. The minimum atomic E-state index is 0.0808. The van der Waals surface area contributed by atoms with Crippen molar-refractivity contribution >= 4 is 33.9 Å². The topological polar surface area (TPSA) is 26.0 Å². The van der Waals surface area contributed by atoms with Crippen LogP contribution in [-0.4, -0.2) is 0 Å². The normalized spacial score (nSPS) is 11.9. The summed E-state index contributed by atoms with van der Waals surface area (Å²) in [6.45, 7) is 1.84. The van der Waals surface area contributed by atoms with Gasteiger partial charge in [0.1, 0.15) is 0 Å². The van der Waals surface area contributed by atoms with Crippen molar-refractivity contribution < 1.29 is 0 Å². The number of nitrogens with two attached hydrogens (primary N) is 1. The van der Waals surface area contributed by atoms with Crippen LogP contribution < -0.4 is 5.73 Å². The van der Waals surface area contributed by atoms with E-state index >= 15 is 0 Å². The van der Waals surface area contributed by atoms with Crippen LogP contribution in [0.5, 0.6) is 0 Å². The molecule has 1 unspecified atom stereocenters. The second-order valence-corrected chi connectivity index (χ2v) is 5.23. The minimum Gasteiger partial charge on any atom is -0.323 e. The van der Waals surface area contributed by atoms with Gasteiger partial charge in [0.2, 0.25) is 0 Å². The van der Waals surface area contributed by atoms with E-state index in [-0.39, 0.29) is 6.04 Å². The predicted molar refractivity (Wildman–Crippen MR) is 62.0 cm³/mol. The molecule has 0 spiro atoms. The molecule has 0 saturated carbocycles. The van der Waals surface area contributed by atoms with Crippen molar-refractivity contribution in [3.63, 3.8) is 0 Å².